The molecule has 0 bridgehead atoms. The Bertz CT molecular complexity index is 688. The van der Waals surface area contributed by atoms with Gasteiger partial charge < -0.3 is 5.32 Å². The SMILES string of the molecule is CC1(C)CC(=O)C2=C(C1)NC(=O)C[C@H]2c1c(F)cccc1Cl. The smallest absolute Gasteiger partial charge is 0.225 e. The van der Waals surface area contributed by atoms with Crippen molar-refractivity contribution in [3.63, 3.8) is 0 Å². The number of carbonyl (C=O) groups excluding carboxylic acids is 2. The fourth-order valence-corrected chi connectivity index (χ4v) is 3.74. The summed E-state index contributed by atoms with van der Waals surface area (Å²) in [6.45, 7) is 3.97. The summed E-state index contributed by atoms with van der Waals surface area (Å²) in [5, 5.41) is 3.05. The number of amides is 1. The molecule has 0 radical (unpaired) electrons. The first-order valence-electron chi connectivity index (χ1n) is 7.28. The number of ketones is 1. The molecule has 0 spiro atoms. The average Bonchev–Trinajstić information content (AvgIpc) is 2.35. The number of nitrogens with one attached hydrogen (secondary N) is 1. The predicted octanol–water partition coefficient (Wildman–Crippen LogP) is 3.73. The second kappa shape index (κ2) is 5.20. The quantitative estimate of drug-likeness (QED) is 0.856. The molecule has 1 aliphatic heterocycles. The van der Waals surface area contributed by atoms with Crippen LogP contribution < -0.4 is 5.32 Å². The lowest BCUT2D eigenvalue weighted by Crippen LogP contribution is -2.40. The minimum absolute atomic E-state index is 0.0319. The van der Waals surface area contributed by atoms with Gasteiger partial charge in [0.05, 0.1) is 0 Å². The molecular weight excluding hydrogens is 305 g/mol. The van der Waals surface area contributed by atoms with E-state index in [9.17, 15) is 14.0 Å². The van der Waals surface area contributed by atoms with Crippen LogP contribution in [0, 0.1) is 11.2 Å². The molecule has 0 unspecified atom stereocenters. The van der Waals surface area contributed by atoms with Gasteiger partial charge in [0.25, 0.3) is 0 Å². The number of Topliss-reactive ketones (excluding diaryl/α,β-unsaturated/α-hetero) is 1. The van der Waals surface area contributed by atoms with E-state index in [0.717, 1.165) is 0 Å². The summed E-state index contributed by atoms with van der Waals surface area (Å²) >= 11 is 6.14. The Morgan fingerprint density at radius 1 is 1.27 bits per heavy atom. The molecule has 5 heteroatoms. The number of allylic oxidation sites excluding steroid dienone is 2. The van der Waals surface area contributed by atoms with E-state index in [2.05, 4.69) is 5.32 Å². The lowest BCUT2D eigenvalue weighted by Gasteiger charge is -2.38. The molecule has 1 amide bonds. The summed E-state index contributed by atoms with van der Waals surface area (Å²) < 4.78 is 14.2. The van der Waals surface area contributed by atoms with E-state index >= 15 is 0 Å². The van der Waals surface area contributed by atoms with Crippen molar-refractivity contribution in [3.8, 4) is 0 Å². The van der Waals surface area contributed by atoms with Gasteiger partial charge in [-0.1, -0.05) is 31.5 Å². The minimum Gasteiger partial charge on any atom is -0.329 e. The van der Waals surface area contributed by atoms with Crippen molar-refractivity contribution in [1.29, 1.82) is 0 Å². The highest BCUT2D eigenvalue weighted by Crippen LogP contribution is 2.45. The van der Waals surface area contributed by atoms with Gasteiger partial charge in [-0.05, 0) is 24.0 Å². The minimum atomic E-state index is -0.596. The Labute approximate surface area is 133 Å². The van der Waals surface area contributed by atoms with Crippen LogP contribution in [-0.4, -0.2) is 11.7 Å². The third kappa shape index (κ3) is 2.56. The monoisotopic (exact) mass is 321 g/mol. The number of rotatable bonds is 1. The molecule has 3 rings (SSSR count). The molecule has 1 heterocycles. The van der Waals surface area contributed by atoms with Crippen LogP contribution in [0.5, 0.6) is 0 Å². The van der Waals surface area contributed by atoms with Crippen LogP contribution in [0.1, 0.15) is 44.6 Å². The lowest BCUT2D eigenvalue weighted by molar-refractivity contribution is -0.122. The lowest BCUT2D eigenvalue weighted by atomic mass is 9.70. The van der Waals surface area contributed by atoms with E-state index in [0.29, 0.717) is 24.1 Å². The van der Waals surface area contributed by atoms with Gasteiger partial charge in [-0.3, -0.25) is 9.59 Å². The summed E-state index contributed by atoms with van der Waals surface area (Å²) in [5.74, 6) is -1.30. The molecule has 22 heavy (non-hydrogen) atoms. The average molecular weight is 322 g/mol. The van der Waals surface area contributed by atoms with E-state index in [4.69, 9.17) is 11.6 Å². The molecule has 116 valence electrons. The third-order valence-electron chi connectivity index (χ3n) is 4.30. The Morgan fingerprint density at radius 2 is 2.00 bits per heavy atom. The van der Waals surface area contributed by atoms with Crippen LogP contribution >= 0.6 is 11.6 Å². The van der Waals surface area contributed by atoms with E-state index < -0.39 is 11.7 Å². The normalized spacial score (nSPS) is 24.1. The second-order valence-corrected chi connectivity index (χ2v) is 7.18. The predicted molar refractivity (Wildman–Crippen MR) is 82.0 cm³/mol. The zero-order chi connectivity index (χ0) is 16.1. The molecule has 1 aliphatic carbocycles. The van der Waals surface area contributed by atoms with Crippen LogP contribution in [-0.2, 0) is 9.59 Å². The van der Waals surface area contributed by atoms with Gasteiger partial charge in [-0.25, -0.2) is 4.39 Å². The number of hydrogen-bond donors (Lipinski definition) is 1. The number of halogens is 2. The fourth-order valence-electron chi connectivity index (χ4n) is 3.45. The third-order valence-corrected chi connectivity index (χ3v) is 4.63. The molecule has 1 aromatic carbocycles. The van der Waals surface area contributed by atoms with Crippen LogP contribution in [0.2, 0.25) is 5.02 Å². The molecular formula is C17H17ClFNO2. The zero-order valence-electron chi connectivity index (χ0n) is 12.5. The Hall–Kier alpha value is -1.68. The fraction of sp³-hybridized carbons (Fsp3) is 0.412. The van der Waals surface area contributed by atoms with Gasteiger partial charge in [-0.2, -0.15) is 0 Å². The van der Waals surface area contributed by atoms with Gasteiger partial charge in [-0.15, -0.1) is 0 Å². The Balaban J connectivity index is 2.16. The van der Waals surface area contributed by atoms with E-state index in [1.807, 2.05) is 13.8 Å². The van der Waals surface area contributed by atoms with Crippen molar-refractivity contribution in [1.82, 2.24) is 5.32 Å². The highest BCUT2D eigenvalue weighted by molar-refractivity contribution is 6.31. The molecule has 0 fully saturated rings. The summed E-state index contributed by atoms with van der Waals surface area (Å²) in [6.07, 6.45) is 1.04. The summed E-state index contributed by atoms with van der Waals surface area (Å²) in [7, 11) is 0. The largest absolute Gasteiger partial charge is 0.329 e. The second-order valence-electron chi connectivity index (χ2n) is 6.77. The summed E-state index contributed by atoms with van der Waals surface area (Å²) in [6, 6.07) is 4.42. The van der Waals surface area contributed by atoms with Crippen LogP contribution in [0.3, 0.4) is 0 Å². The Morgan fingerprint density at radius 3 is 2.68 bits per heavy atom. The molecule has 1 atom stereocenters. The maximum Gasteiger partial charge on any atom is 0.225 e. The van der Waals surface area contributed by atoms with Gasteiger partial charge in [0.1, 0.15) is 5.82 Å². The maximum atomic E-state index is 14.2. The molecule has 0 aromatic heterocycles. The van der Waals surface area contributed by atoms with Crippen molar-refractivity contribution in [3.05, 3.63) is 45.9 Å². The topological polar surface area (TPSA) is 46.2 Å². The van der Waals surface area contributed by atoms with Gasteiger partial charge in [0.2, 0.25) is 5.91 Å². The van der Waals surface area contributed by atoms with Gasteiger partial charge in [0, 0.05) is 40.6 Å². The van der Waals surface area contributed by atoms with E-state index in [1.165, 1.54) is 12.1 Å². The highest BCUT2D eigenvalue weighted by Gasteiger charge is 2.41. The molecule has 3 nitrogen and oxygen atoms in total. The van der Waals surface area contributed by atoms with Crippen LogP contribution in [0.4, 0.5) is 4.39 Å². The van der Waals surface area contributed by atoms with Crippen molar-refractivity contribution < 1.29 is 14.0 Å². The van der Waals surface area contributed by atoms with Gasteiger partial charge in [0.15, 0.2) is 5.78 Å². The summed E-state index contributed by atoms with van der Waals surface area (Å²) in [4.78, 5) is 24.6. The maximum absolute atomic E-state index is 14.2. The molecule has 2 aliphatic rings. The van der Waals surface area contributed by atoms with Crippen molar-refractivity contribution in [2.75, 3.05) is 0 Å². The molecule has 1 N–H and O–H groups in total. The zero-order valence-corrected chi connectivity index (χ0v) is 13.3. The standard InChI is InChI=1S/C17H17ClFNO2/c1-17(2)7-12-16(13(21)8-17)9(6-14(22)20-12)15-10(18)4-3-5-11(15)19/h3-5,9H,6-8H2,1-2H3,(H,20,22)/t9-/m0/s1. The number of benzene rings is 1. The van der Waals surface area contributed by atoms with E-state index in [1.54, 1.807) is 6.07 Å². The Kier molecular flexibility index (Phi) is 3.60. The molecule has 0 saturated carbocycles. The first kappa shape index (κ1) is 15.2. The highest BCUT2D eigenvalue weighted by atomic mass is 35.5. The number of carbonyl (C=O) groups is 2. The van der Waals surface area contributed by atoms with E-state index in [-0.39, 0.29) is 34.1 Å². The van der Waals surface area contributed by atoms with Crippen molar-refractivity contribution in [2.24, 2.45) is 5.41 Å². The molecule has 1 aromatic rings. The van der Waals surface area contributed by atoms with Crippen molar-refractivity contribution in [2.45, 2.75) is 39.0 Å². The van der Waals surface area contributed by atoms with Crippen molar-refractivity contribution >= 4 is 23.3 Å². The molecule has 0 saturated heterocycles. The van der Waals surface area contributed by atoms with Crippen LogP contribution in [0.25, 0.3) is 0 Å². The summed E-state index contributed by atoms with van der Waals surface area (Å²) in [5.41, 5.74) is 1.19. The van der Waals surface area contributed by atoms with Crippen LogP contribution in [0.15, 0.2) is 29.5 Å². The number of hydrogen-bond acceptors (Lipinski definition) is 2. The first-order chi connectivity index (χ1) is 10.3. The first-order valence-corrected chi connectivity index (χ1v) is 7.66. The van der Waals surface area contributed by atoms with Gasteiger partial charge >= 0.3 is 0 Å².